The zero-order chi connectivity index (χ0) is 13.6. The molecule has 0 saturated heterocycles. The zero-order valence-corrected chi connectivity index (χ0v) is 10.7. The molecular weight excluding hydrogens is 265 g/mol. The highest BCUT2D eigenvalue weighted by Gasteiger charge is 2.30. The molecule has 3 nitrogen and oxygen atoms in total. The Balaban J connectivity index is 2.53. The normalized spacial score (nSPS) is 13.6. The van der Waals surface area contributed by atoms with Crippen molar-refractivity contribution >= 4 is 11.8 Å². The number of aromatic nitrogens is 1. The van der Waals surface area contributed by atoms with Gasteiger partial charge < -0.3 is 10.4 Å². The molecule has 0 spiro atoms. The fourth-order valence-electron chi connectivity index (χ4n) is 1.29. The second-order valence-corrected chi connectivity index (χ2v) is 4.73. The fraction of sp³-hybridized carbons (Fsp3) is 0.545. The van der Waals surface area contributed by atoms with Gasteiger partial charge in [-0.2, -0.15) is 13.2 Å². The Morgan fingerprint density at radius 3 is 2.61 bits per heavy atom. The van der Waals surface area contributed by atoms with Crippen LogP contribution in [0.2, 0.25) is 0 Å². The number of nitrogens with one attached hydrogen (secondary N) is 1. The Bertz CT molecular complexity index is 356. The molecule has 0 aromatic carbocycles. The van der Waals surface area contributed by atoms with Crippen LogP contribution in [-0.4, -0.2) is 35.5 Å². The minimum Gasteiger partial charge on any atom is -0.396 e. The first kappa shape index (κ1) is 15.3. The first-order chi connectivity index (χ1) is 8.47. The van der Waals surface area contributed by atoms with Gasteiger partial charge in [0, 0.05) is 24.6 Å². The van der Waals surface area contributed by atoms with E-state index in [4.69, 9.17) is 5.11 Å². The summed E-state index contributed by atoms with van der Waals surface area (Å²) >= 11 is 1.36. The van der Waals surface area contributed by atoms with E-state index in [1.807, 2.05) is 0 Å². The molecule has 1 heterocycles. The monoisotopic (exact) mass is 280 g/mol. The first-order valence-electron chi connectivity index (χ1n) is 5.41. The fourth-order valence-corrected chi connectivity index (χ4v) is 2.28. The largest absolute Gasteiger partial charge is 0.417 e. The van der Waals surface area contributed by atoms with Crippen molar-refractivity contribution in [1.29, 1.82) is 0 Å². The molecule has 0 amide bonds. The van der Waals surface area contributed by atoms with Crippen molar-refractivity contribution in [2.75, 3.05) is 19.4 Å². The Morgan fingerprint density at radius 2 is 2.17 bits per heavy atom. The van der Waals surface area contributed by atoms with Gasteiger partial charge in [0.2, 0.25) is 0 Å². The molecule has 0 radical (unpaired) electrons. The lowest BCUT2D eigenvalue weighted by atomic mass is 10.2. The van der Waals surface area contributed by atoms with Gasteiger partial charge in [-0.3, -0.25) is 0 Å². The van der Waals surface area contributed by atoms with E-state index in [1.165, 1.54) is 17.8 Å². The van der Waals surface area contributed by atoms with Gasteiger partial charge in [-0.05, 0) is 25.6 Å². The molecule has 0 saturated carbocycles. The summed E-state index contributed by atoms with van der Waals surface area (Å²) in [6, 6.07) is 2.50. The predicted molar refractivity (Wildman–Crippen MR) is 64.5 cm³/mol. The van der Waals surface area contributed by atoms with Gasteiger partial charge in [0.15, 0.2) is 0 Å². The average molecular weight is 280 g/mol. The summed E-state index contributed by atoms with van der Waals surface area (Å²) < 4.78 is 36.9. The predicted octanol–water partition coefficient (Wildman–Crippen LogP) is 2.16. The Labute approximate surface area is 108 Å². The molecular formula is C11H15F3N2OS. The molecule has 0 aliphatic rings. The van der Waals surface area contributed by atoms with Gasteiger partial charge in [-0.15, -0.1) is 11.8 Å². The summed E-state index contributed by atoms with van der Waals surface area (Å²) in [4.78, 5) is 3.76. The maximum atomic E-state index is 12.3. The van der Waals surface area contributed by atoms with Crippen LogP contribution in [0.3, 0.4) is 0 Å². The molecule has 1 unspecified atom stereocenters. The molecule has 0 aliphatic carbocycles. The minimum atomic E-state index is -4.35. The molecule has 2 N–H and O–H groups in total. The number of pyridine rings is 1. The SMILES string of the molecule is CNC(CCO)CSc1ccc(C(F)(F)F)cn1. The summed E-state index contributed by atoms with van der Waals surface area (Å²) in [7, 11) is 1.78. The molecule has 0 bridgehead atoms. The lowest BCUT2D eigenvalue weighted by molar-refractivity contribution is -0.137. The third-order valence-electron chi connectivity index (χ3n) is 2.38. The van der Waals surface area contributed by atoms with Crippen LogP contribution < -0.4 is 5.32 Å². The van der Waals surface area contributed by atoms with Crippen molar-refractivity contribution in [2.24, 2.45) is 0 Å². The third kappa shape index (κ3) is 4.83. The molecule has 1 aromatic rings. The van der Waals surface area contributed by atoms with Crippen molar-refractivity contribution in [2.45, 2.75) is 23.7 Å². The molecule has 0 aliphatic heterocycles. The minimum absolute atomic E-state index is 0.0759. The van der Waals surface area contributed by atoms with Crippen LogP contribution in [0.15, 0.2) is 23.4 Å². The van der Waals surface area contributed by atoms with E-state index in [1.54, 1.807) is 7.05 Å². The summed E-state index contributed by atoms with van der Waals surface area (Å²) in [6.07, 6.45) is -2.91. The molecule has 1 atom stereocenters. The third-order valence-corrected chi connectivity index (χ3v) is 3.49. The van der Waals surface area contributed by atoms with Gasteiger partial charge >= 0.3 is 6.18 Å². The number of hydrogen-bond acceptors (Lipinski definition) is 4. The van der Waals surface area contributed by atoms with Crippen LogP contribution in [0.4, 0.5) is 13.2 Å². The molecule has 0 fully saturated rings. The number of thioether (sulfide) groups is 1. The van der Waals surface area contributed by atoms with E-state index >= 15 is 0 Å². The van der Waals surface area contributed by atoms with Crippen molar-refractivity contribution in [3.63, 3.8) is 0 Å². The standard InChI is InChI=1S/C11H15F3N2OS/c1-15-9(4-5-17)7-18-10-3-2-8(6-16-10)11(12,13)14/h2-3,6,9,15,17H,4-5,7H2,1H3. The van der Waals surface area contributed by atoms with Crippen molar-refractivity contribution in [1.82, 2.24) is 10.3 Å². The van der Waals surface area contributed by atoms with Crippen LogP contribution >= 0.6 is 11.8 Å². The highest BCUT2D eigenvalue weighted by atomic mass is 32.2. The average Bonchev–Trinajstić information content (AvgIpc) is 2.34. The Hall–Kier alpha value is -0.790. The van der Waals surface area contributed by atoms with E-state index in [0.717, 1.165) is 12.3 Å². The number of rotatable bonds is 6. The van der Waals surface area contributed by atoms with E-state index in [0.29, 0.717) is 17.2 Å². The summed E-state index contributed by atoms with van der Waals surface area (Å²) in [5.41, 5.74) is -0.743. The highest BCUT2D eigenvalue weighted by molar-refractivity contribution is 7.99. The Morgan fingerprint density at radius 1 is 1.44 bits per heavy atom. The molecule has 1 aromatic heterocycles. The van der Waals surface area contributed by atoms with Crippen molar-refractivity contribution < 1.29 is 18.3 Å². The van der Waals surface area contributed by atoms with Crippen LogP contribution in [0.5, 0.6) is 0 Å². The molecule has 1 rings (SSSR count). The number of aliphatic hydroxyl groups excluding tert-OH is 1. The second kappa shape index (κ2) is 6.96. The number of halogens is 3. The van der Waals surface area contributed by atoms with Gasteiger partial charge in [0.1, 0.15) is 0 Å². The highest BCUT2D eigenvalue weighted by Crippen LogP contribution is 2.29. The van der Waals surface area contributed by atoms with Crippen LogP contribution in [0, 0.1) is 0 Å². The molecule has 102 valence electrons. The smallest absolute Gasteiger partial charge is 0.396 e. The van der Waals surface area contributed by atoms with Crippen LogP contribution in [0.1, 0.15) is 12.0 Å². The van der Waals surface area contributed by atoms with Crippen LogP contribution in [0.25, 0.3) is 0 Å². The topological polar surface area (TPSA) is 45.1 Å². The summed E-state index contributed by atoms with van der Waals surface area (Å²) in [5, 5.41) is 12.4. The second-order valence-electron chi connectivity index (χ2n) is 3.69. The quantitative estimate of drug-likeness (QED) is 0.784. The van der Waals surface area contributed by atoms with E-state index in [2.05, 4.69) is 10.3 Å². The first-order valence-corrected chi connectivity index (χ1v) is 6.40. The van der Waals surface area contributed by atoms with E-state index in [-0.39, 0.29) is 12.6 Å². The number of nitrogens with zero attached hydrogens (tertiary/aromatic N) is 1. The van der Waals surface area contributed by atoms with Crippen LogP contribution in [-0.2, 0) is 6.18 Å². The maximum Gasteiger partial charge on any atom is 0.417 e. The number of aliphatic hydroxyl groups is 1. The van der Waals surface area contributed by atoms with Gasteiger partial charge in [-0.1, -0.05) is 0 Å². The Kier molecular flexibility index (Phi) is 5.90. The molecule has 7 heteroatoms. The number of hydrogen-bond donors (Lipinski definition) is 2. The lowest BCUT2D eigenvalue weighted by Crippen LogP contribution is -2.28. The summed E-state index contributed by atoms with van der Waals surface area (Å²) in [6.45, 7) is 0.0759. The zero-order valence-electron chi connectivity index (χ0n) is 9.87. The van der Waals surface area contributed by atoms with Crippen molar-refractivity contribution in [3.05, 3.63) is 23.9 Å². The van der Waals surface area contributed by atoms with Crippen molar-refractivity contribution in [3.8, 4) is 0 Å². The van der Waals surface area contributed by atoms with Gasteiger partial charge in [0.25, 0.3) is 0 Å². The maximum absolute atomic E-state index is 12.3. The number of alkyl halides is 3. The van der Waals surface area contributed by atoms with E-state index in [9.17, 15) is 13.2 Å². The summed E-state index contributed by atoms with van der Waals surface area (Å²) in [5.74, 6) is 0.648. The molecule has 18 heavy (non-hydrogen) atoms. The van der Waals surface area contributed by atoms with Gasteiger partial charge in [0.05, 0.1) is 10.6 Å². The lowest BCUT2D eigenvalue weighted by Gasteiger charge is -2.14. The van der Waals surface area contributed by atoms with Gasteiger partial charge in [-0.25, -0.2) is 4.98 Å². The van der Waals surface area contributed by atoms with E-state index < -0.39 is 11.7 Å².